The Bertz CT molecular complexity index is 1500. The van der Waals surface area contributed by atoms with Gasteiger partial charge >= 0.3 is 0 Å². The van der Waals surface area contributed by atoms with Gasteiger partial charge in [-0.25, -0.2) is 0 Å². The molecule has 3 aromatic carbocycles. The Morgan fingerprint density at radius 3 is 2.13 bits per heavy atom. The number of allylic oxidation sites excluding steroid dienone is 5. The molecule has 0 saturated heterocycles. The molecule has 5 nitrogen and oxygen atoms in total. The average Bonchev–Trinajstić information content (AvgIpc) is 3.04. The SMILES string of the molecule is COc1ccc2c(O)c1C/C(C)=C/CCCCC(O[Si](c1ccccc1)(c1ccccc1)C(C)(C)C)CC/C=C/C=C(\C)C(=O)N2. The van der Waals surface area contributed by atoms with E-state index in [1.165, 1.54) is 10.4 Å². The molecule has 6 heteroatoms. The fraction of sp³-hybridized carbons (Fsp3) is 0.375. The molecule has 0 fully saturated rings. The van der Waals surface area contributed by atoms with Crippen molar-refractivity contribution in [2.45, 2.75) is 90.7 Å². The average molecular weight is 638 g/mol. The van der Waals surface area contributed by atoms with Gasteiger partial charge in [0.25, 0.3) is 14.2 Å². The van der Waals surface area contributed by atoms with E-state index in [1.54, 1.807) is 26.2 Å². The van der Waals surface area contributed by atoms with Gasteiger partial charge in [-0.15, -0.1) is 0 Å². The van der Waals surface area contributed by atoms with Crippen molar-refractivity contribution >= 4 is 30.3 Å². The van der Waals surface area contributed by atoms with Crippen molar-refractivity contribution in [1.29, 1.82) is 0 Å². The molecule has 0 aromatic heterocycles. The highest BCUT2D eigenvalue weighted by atomic mass is 28.4. The molecule has 3 aromatic rings. The first-order chi connectivity index (χ1) is 22.1. The highest BCUT2D eigenvalue weighted by molar-refractivity contribution is 6.99. The Morgan fingerprint density at radius 2 is 1.52 bits per heavy atom. The van der Waals surface area contributed by atoms with Gasteiger partial charge in [0.15, 0.2) is 0 Å². The number of carbonyl (C=O) groups excluding carboxylic acids is 1. The second-order valence-electron chi connectivity index (χ2n) is 13.4. The minimum atomic E-state index is -2.69. The first-order valence-corrected chi connectivity index (χ1v) is 18.5. The van der Waals surface area contributed by atoms with Gasteiger partial charge in [-0.05, 0) is 73.5 Å². The Morgan fingerprint density at radius 1 is 0.870 bits per heavy atom. The molecule has 0 spiro atoms. The van der Waals surface area contributed by atoms with Gasteiger partial charge in [-0.3, -0.25) is 4.79 Å². The van der Waals surface area contributed by atoms with Crippen LogP contribution in [0.1, 0.15) is 78.7 Å². The summed E-state index contributed by atoms with van der Waals surface area (Å²) in [5, 5.41) is 16.5. The number of nitrogens with one attached hydrogen (secondary N) is 1. The van der Waals surface area contributed by atoms with Crippen LogP contribution in [0.15, 0.2) is 108 Å². The van der Waals surface area contributed by atoms with Crippen LogP contribution in [-0.2, 0) is 15.6 Å². The van der Waals surface area contributed by atoms with E-state index >= 15 is 0 Å². The van der Waals surface area contributed by atoms with Gasteiger partial charge in [0.1, 0.15) is 11.5 Å². The van der Waals surface area contributed by atoms with E-state index in [4.69, 9.17) is 9.16 Å². The molecule has 244 valence electrons. The quantitative estimate of drug-likeness (QED) is 0.167. The van der Waals surface area contributed by atoms with E-state index in [0.717, 1.165) is 44.1 Å². The summed E-state index contributed by atoms with van der Waals surface area (Å²) in [4.78, 5) is 13.0. The lowest BCUT2D eigenvalue weighted by atomic mass is 10.0. The van der Waals surface area contributed by atoms with Crippen LogP contribution in [0.2, 0.25) is 5.04 Å². The Kier molecular flexibility index (Phi) is 12.2. The molecule has 2 bridgehead atoms. The number of hydrogen-bond donors (Lipinski definition) is 2. The second kappa shape index (κ2) is 16.1. The molecule has 4 rings (SSSR count). The summed E-state index contributed by atoms with van der Waals surface area (Å²) in [6.45, 7) is 10.9. The fourth-order valence-corrected chi connectivity index (χ4v) is 11.1. The molecule has 46 heavy (non-hydrogen) atoms. The van der Waals surface area contributed by atoms with Crippen LogP contribution in [0.25, 0.3) is 0 Å². The molecule has 2 N–H and O–H groups in total. The summed E-state index contributed by atoms with van der Waals surface area (Å²) in [6.07, 6.45) is 14.5. The van der Waals surface area contributed by atoms with Crippen LogP contribution >= 0.6 is 0 Å². The lowest BCUT2D eigenvalue weighted by molar-refractivity contribution is -0.112. The molecule has 0 aliphatic carbocycles. The van der Waals surface area contributed by atoms with Crippen LogP contribution in [0, 0.1) is 0 Å². The number of methoxy groups -OCH3 is 1. The summed E-state index contributed by atoms with van der Waals surface area (Å²) >= 11 is 0. The van der Waals surface area contributed by atoms with Crippen molar-refractivity contribution in [3.05, 3.63) is 114 Å². The molecule has 0 saturated carbocycles. The maximum absolute atomic E-state index is 13.0. The normalized spacial score (nSPS) is 20.5. The Hall–Kier alpha value is -3.87. The minimum absolute atomic E-state index is 0.0463. The van der Waals surface area contributed by atoms with E-state index in [0.29, 0.717) is 29.0 Å². The van der Waals surface area contributed by atoms with E-state index in [1.807, 2.05) is 12.2 Å². The summed E-state index contributed by atoms with van der Waals surface area (Å²) in [5.74, 6) is 0.395. The van der Waals surface area contributed by atoms with Gasteiger partial charge in [0, 0.05) is 23.7 Å². The number of hydrogen-bond acceptors (Lipinski definition) is 4. The topological polar surface area (TPSA) is 67.8 Å². The zero-order valence-electron chi connectivity index (χ0n) is 28.4. The molecule has 1 aliphatic heterocycles. The molecule has 1 amide bonds. The maximum Gasteiger partial charge on any atom is 0.261 e. The van der Waals surface area contributed by atoms with Gasteiger partial charge in [-0.2, -0.15) is 0 Å². The molecular formula is C40H51NO4Si. The van der Waals surface area contributed by atoms with Crippen LogP contribution in [0.3, 0.4) is 0 Å². The van der Waals surface area contributed by atoms with E-state index in [-0.39, 0.29) is 22.8 Å². The predicted octanol–water partition coefficient (Wildman–Crippen LogP) is 8.63. The van der Waals surface area contributed by atoms with Crippen LogP contribution in [0.5, 0.6) is 11.5 Å². The van der Waals surface area contributed by atoms with E-state index < -0.39 is 8.32 Å². The molecule has 1 atom stereocenters. The molecule has 1 aliphatic rings. The van der Waals surface area contributed by atoms with Crippen molar-refractivity contribution in [1.82, 2.24) is 0 Å². The van der Waals surface area contributed by atoms with E-state index in [9.17, 15) is 9.90 Å². The third kappa shape index (κ3) is 8.48. The minimum Gasteiger partial charge on any atom is -0.505 e. The van der Waals surface area contributed by atoms with Gasteiger partial charge in [-0.1, -0.05) is 118 Å². The Labute approximate surface area is 277 Å². The molecule has 1 unspecified atom stereocenters. The van der Waals surface area contributed by atoms with Gasteiger partial charge < -0.3 is 19.6 Å². The first kappa shape index (κ1) is 35.0. The summed E-state index contributed by atoms with van der Waals surface area (Å²) in [5.41, 5.74) is 2.76. The zero-order chi connectivity index (χ0) is 33.2. The molecular weight excluding hydrogens is 587 g/mol. The standard InChI is InChI=1S/C40H51NO4Si/c1-30-19-11-7-13-21-32(45-46(40(3,4)5,33-23-15-9-16-24-33)34-25-17-10-18-26-34)22-14-8-12-20-31(2)39(43)41-36-27-28-37(44-6)35(29-30)38(36)42/h8-10,12,15-20,23-28,32,42H,7,11,13-14,21-22,29H2,1-6H3,(H,41,43)/b12-8+,30-19+,31-20+. The van der Waals surface area contributed by atoms with Gasteiger partial charge in [0.05, 0.1) is 12.8 Å². The number of rotatable bonds is 5. The van der Waals surface area contributed by atoms with Gasteiger partial charge in [0.2, 0.25) is 0 Å². The van der Waals surface area contributed by atoms with Crippen LogP contribution < -0.4 is 20.4 Å². The number of carbonyl (C=O) groups is 1. The third-order valence-electron chi connectivity index (χ3n) is 8.89. The van der Waals surface area contributed by atoms with Crippen molar-refractivity contribution in [3.63, 3.8) is 0 Å². The highest BCUT2D eigenvalue weighted by Crippen LogP contribution is 2.39. The number of ether oxygens (including phenoxy) is 1. The third-order valence-corrected chi connectivity index (χ3v) is 14.0. The predicted molar refractivity (Wildman–Crippen MR) is 194 cm³/mol. The van der Waals surface area contributed by atoms with Crippen LogP contribution in [0.4, 0.5) is 5.69 Å². The molecule has 0 radical (unpaired) electrons. The summed E-state index contributed by atoms with van der Waals surface area (Å²) in [7, 11) is -1.09. The monoisotopic (exact) mass is 637 g/mol. The van der Waals surface area contributed by atoms with Crippen molar-refractivity contribution in [2.75, 3.05) is 12.4 Å². The number of anilines is 1. The lowest BCUT2D eigenvalue weighted by Crippen LogP contribution is -2.67. The van der Waals surface area contributed by atoms with Crippen LogP contribution in [-0.4, -0.2) is 32.5 Å². The number of benzene rings is 3. The van der Waals surface area contributed by atoms with Crippen molar-refractivity contribution in [2.24, 2.45) is 0 Å². The maximum atomic E-state index is 13.0. The number of phenols is 1. The Balaban J connectivity index is 1.66. The fourth-order valence-electron chi connectivity index (χ4n) is 6.39. The molecule has 1 heterocycles. The van der Waals surface area contributed by atoms with Crippen molar-refractivity contribution in [3.8, 4) is 11.5 Å². The largest absolute Gasteiger partial charge is 0.505 e. The number of phenolic OH excluding ortho intramolecular Hbond substituents is 1. The van der Waals surface area contributed by atoms with E-state index in [2.05, 4.69) is 106 Å². The van der Waals surface area contributed by atoms with Crippen molar-refractivity contribution < 1.29 is 19.1 Å². The highest BCUT2D eigenvalue weighted by Gasteiger charge is 2.51. The second-order valence-corrected chi connectivity index (χ2v) is 17.6. The number of fused-ring (bicyclic) bond motifs is 2. The summed E-state index contributed by atoms with van der Waals surface area (Å²) in [6, 6.07) is 25.2. The first-order valence-electron chi connectivity index (χ1n) is 16.5. The zero-order valence-corrected chi connectivity index (χ0v) is 29.4. The lowest BCUT2D eigenvalue weighted by Gasteiger charge is -2.45. The number of aromatic hydroxyl groups is 1. The number of amides is 1. The smallest absolute Gasteiger partial charge is 0.261 e. The summed E-state index contributed by atoms with van der Waals surface area (Å²) < 4.78 is 13.1.